The summed E-state index contributed by atoms with van der Waals surface area (Å²) in [6.07, 6.45) is 0.972. The zero-order chi connectivity index (χ0) is 13.8. The first kappa shape index (κ1) is 14.3. The lowest BCUT2D eigenvalue weighted by atomic mass is 9.97. The van der Waals surface area contributed by atoms with E-state index in [9.17, 15) is 5.11 Å². The van der Waals surface area contributed by atoms with E-state index < -0.39 is 0 Å². The minimum absolute atomic E-state index is 0.0144. The molecular weight excluding hydrogens is 240 g/mol. The highest BCUT2D eigenvalue weighted by Gasteiger charge is 2.18. The first-order chi connectivity index (χ1) is 9.17. The van der Waals surface area contributed by atoms with Gasteiger partial charge in [-0.2, -0.15) is 0 Å². The molecule has 4 nitrogen and oxygen atoms in total. The predicted octanol–water partition coefficient (Wildman–Crippen LogP) is 1.39. The van der Waals surface area contributed by atoms with Crippen LogP contribution < -0.4 is 10.6 Å². The minimum Gasteiger partial charge on any atom is -0.394 e. The van der Waals surface area contributed by atoms with Crippen LogP contribution in [0.1, 0.15) is 29.7 Å². The Hall–Kier alpha value is -1.10. The third kappa shape index (κ3) is 3.08. The van der Waals surface area contributed by atoms with Crippen LogP contribution >= 0.6 is 0 Å². The van der Waals surface area contributed by atoms with E-state index in [1.807, 2.05) is 0 Å². The average molecular weight is 264 g/mol. The smallest absolute Gasteiger partial charge is 0.0642 e. The average Bonchev–Trinajstić information content (AvgIpc) is 2.46. The number of aryl methyl sites for hydroxylation is 2. The number of hydrogen-bond donors (Lipinski definition) is 2. The third-order valence-electron chi connectivity index (χ3n) is 3.73. The number of nitrogens with zero attached hydrogens (tertiary/aromatic N) is 1. The summed E-state index contributed by atoms with van der Waals surface area (Å²) in [7, 11) is 0. The molecule has 0 bridgehead atoms. The fourth-order valence-electron chi connectivity index (χ4n) is 2.71. The lowest BCUT2D eigenvalue weighted by Gasteiger charge is -2.32. The summed E-state index contributed by atoms with van der Waals surface area (Å²) in [5.74, 6) is 0. The molecule has 1 aliphatic rings. The lowest BCUT2D eigenvalue weighted by molar-refractivity contribution is 0.122. The van der Waals surface area contributed by atoms with E-state index in [4.69, 9.17) is 10.5 Å². The van der Waals surface area contributed by atoms with Crippen molar-refractivity contribution in [3.05, 3.63) is 28.8 Å². The second-order valence-electron chi connectivity index (χ2n) is 5.09. The SMILES string of the molecule is CCc1cc([C@H](N)CO)cc(C)c1N1CCOCC1. The van der Waals surface area contributed by atoms with Crippen molar-refractivity contribution in [3.63, 3.8) is 0 Å². The number of rotatable bonds is 4. The molecule has 0 spiro atoms. The lowest BCUT2D eigenvalue weighted by Crippen LogP contribution is -2.37. The molecule has 0 saturated carbocycles. The Morgan fingerprint density at radius 1 is 1.37 bits per heavy atom. The number of benzene rings is 1. The molecule has 1 aliphatic heterocycles. The number of aliphatic hydroxyl groups is 1. The number of anilines is 1. The monoisotopic (exact) mass is 264 g/mol. The van der Waals surface area contributed by atoms with Gasteiger partial charge in [-0.15, -0.1) is 0 Å². The van der Waals surface area contributed by atoms with Gasteiger partial charge in [-0.3, -0.25) is 0 Å². The summed E-state index contributed by atoms with van der Waals surface area (Å²) < 4.78 is 5.42. The Kier molecular flexibility index (Phi) is 4.80. The number of aliphatic hydroxyl groups excluding tert-OH is 1. The number of nitrogens with two attached hydrogens (primary N) is 1. The van der Waals surface area contributed by atoms with Gasteiger partial charge in [0.2, 0.25) is 0 Å². The van der Waals surface area contributed by atoms with Crippen molar-refractivity contribution in [1.82, 2.24) is 0 Å². The van der Waals surface area contributed by atoms with Crippen molar-refractivity contribution in [3.8, 4) is 0 Å². The second-order valence-corrected chi connectivity index (χ2v) is 5.09. The van der Waals surface area contributed by atoms with Crippen LogP contribution in [0.4, 0.5) is 5.69 Å². The number of morpholine rings is 1. The molecule has 1 atom stereocenters. The fourth-order valence-corrected chi connectivity index (χ4v) is 2.71. The Balaban J connectivity index is 2.37. The van der Waals surface area contributed by atoms with Crippen LogP contribution in [0, 0.1) is 6.92 Å². The Labute approximate surface area is 115 Å². The van der Waals surface area contributed by atoms with Gasteiger partial charge in [0.05, 0.1) is 25.9 Å². The molecule has 0 unspecified atom stereocenters. The molecule has 0 aromatic heterocycles. The molecule has 1 saturated heterocycles. The largest absolute Gasteiger partial charge is 0.394 e. The Bertz CT molecular complexity index is 428. The van der Waals surface area contributed by atoms with Crippen molar-refractivity contribution < 1.29 is 9.84 Å². The molecule has 0 radical (unpaired) electrons. The van der Waals surface area contributed by atoms with Crippen molar-refractivity contribution in [2.24, 2.45) is 5.73 Å². The normalized spacial score (nSPS) is 17.6. The summed E-state index contributed by atoms with van der Waals surface area (Å²) in [6.45, 7) is 7.74. The fraction of sp³-hybridized carbons (Fsp3) is 0.600. The summed E-state index contributed by atoms with van der Waals surface area (Å²) >= 11 is 0. The topological polar surface area (TPSA) is 58.7 Å². The van der Waals surface area contributed by atoms with Gasteiger partial charge in [0.1, 0.15) is 0 Å². The van der Waals surface area contributed by atoms with Gasteiger partial charge < -0.3 is 20.5 Å². The van der Waals surface area contributed by atoms with Gasteiger partial charge in [0.25, 0.3) is 0 Å². The van der Waals surface area contributed by atoms with E-state index in [-0.39, 0.29) is 12.6 Å². The number of ether oxygens (including phenoxy) is 1. The van der Waals surface area contributed by atoms with E-state index in [1.165, 1.54) is 16.8 Å². The molecule has 1 fully saturated rings. The van der Waals surface area contributed by atoms with Gasteiger partial charge in [-0.1, -0.05) is 19.1 Å². The standard InChI is InChI=1S/C15H24N2O2/c1-3-12-9-13(14(16)10-18)8-11(2)15(12)17-4-6-19-7-5-17/h8-9,14,18H,3-7,10,16H2,1-2H3/t14-/m1/s1. The van der Waals surface area contributed by atoms with Gasteiger partial charge in [0, 0.05) is 18.8 Å². The molecule has 19 heavy (non-hydrogen) atoms. The Morgan fingerprint density at radius 2 is 2.05 bits per heavy atom. The summed E-state index contributed by atoms with van der Waals surface area (Å²) in [4.78, 5) is 2.39. The van der Waals surface area contributed by atoms with Gasteiger partial charge >= 0.3 is 0 Å². The molecule has 0 aliphatic carbocycles. The van der Waals surface area contributed by atoms with Crippen molar-refractivity contribution in [2.75, 3.05) is 37.8 Å². The van der Waals surface area contributed by atoms with E-state index in [2.05, 4.69) is 30.9 Å². The zero-order valence-electron chi connectivity index (χ0n) is 11.9. The summed E-state index contributed by atoms with van der Waals surface area (Å²) in [5, 5.41) is 9.21. The van der Waals surface area contributed by atoms with Crippen LogP contribution in [-0.4, -0.2) is 38.0 Å². The van der Waals surface area contributed by atoms with Crippen LogP contribution in [0.15, 0.2) is 12.1 Å². The first-order valence-corrected chi connectivity index (χ1v) is 7.00. The minimum atomic E-state index is -0.289. The molecule has 106 valence electrons. The molecule has 1 heterocycles. The first-order valence-electron chi connectivity index (χ1n) is 7.00. The van der Waals surface area contributed by atoms with E-state index in [1.54, 1.807) is 0 Å². The predicted molar refractivity (Wildman–Crippen MR) is 77.6 cm³/mol. The number of hydrogen-bond acceptors (Lipinski definition) is 4. The summed E-state index contributed by atoms with van der Waals surface area (Å²) in [6, 6.07) is 3.95. The maximum atomic E-state index is 9.21. The highest BCUT2D eigenvalue weighted by Crippen LogP contribution is 2.29. The highest BCUT2D eigenvalue weighted by atomic mass is 16.5. The second kappa shape index (κ2) is 6.37. The van der Waals surface area contributed by atoms with Gasteiger partial charge in [-0.25, -0.2) is 0 Å². The van der Waals surface area contributed by atoms with E-state index in [0.717, 1.165) is 38.3 Å². The zero-order valence-corrected chi connectivity index (χ0v) is 11.9. The molecular formula is C15H24N2O2. The van der Waals surface area contributed by atoms with Gasteiger partial charge in [-0.05, 0) is 30.0 Å². The highest BCUT2D eigenvalue weighted by molar-refractivity contribution is 5.61. The molecule has 2 rings (SSSR count). The molecule has 1 aromatic carbocycles. The van der Waals surface area contributed by atoms with Crippen LogP contribution in [-0.2, 0) is 11.2 Å². The van der Waals surface area contributed by atoms with E-state index >= 15 is 0 Å². The third-order valence-corrected chi connectivity index (χ3v) is 3.73. The van der Waals surface area contributed by atoms with Crippen LogP contribution in [0.25, 0.3) is 0 Å². The van der Waals surface area contributed by atoms with Crippen molar-refractivity contribution >= 4 is 5.69 Å². The van der Waals surface area contributed by atoms with Crippen LogP contribution in [0.2, 0.25) is 0 Å². The van der Waals surface area contributed by atoms with Gasteiger partial charge in [0.15, 0.2) is 0 Å². The van der Waals surface area contributed by atoms with Crippen molar-refractivity contribution in [2.45, 2.75) is 26.3 Å². The van der Waals surface area contributed by atoms with Crippen LogP contribution in [0.3, 0.4) is 0 Å². The van der Waals surface area contributed by atoms with Crippen molar-refractivity contribution in [1.29, 1.82) is 0 Å². The molecule has 3 N–H and O–H groups in total. The molecule has 1 aromatic rings. The quantitative estimate of drug-likeness (QED) is 0.863. The Morgan fingerprint density at radius 3 is 2.63 bits per heavy atom. The van der Waals surface area contributed by atoms with E-state index in [0.29, 0.717) is 0 Å². The molecule has 4 heteroatoms. The maximum Gasteiger partial charge on any atom is 0.0642 e. The summed E-state index contributed by atoms with van der Waals surface area (Å²) in [5.41, 5.74) is 10.8. The maximum absolute atomic E-state index is 9.21. The molecule has 0 amide bonds. The van der Waals surface area contributed by atoms with Crippen LogP contribution in [0.5, 0.6) is 0 Å².